The Kier molecular flexibility index (Phi) is 3.71. The molecule has 0 unspecified atom stereocenters. The number of aryl methyl sites for hydroxylation is 3. The number of nitrogens with zero attached hydrogens (tertiary/aromatic N) is 2. The molecule has 0 aliphatic rings. The van der Waals surface area contributed by atoms with Gasteiger partial charge < -0.3 is 0 Å². The monoisotopic (exact) mass is 349 g/mol. The fraction of sp³-hybridized carbons (Fsp3) is 0.188. The van der Waals surface area contributed by atoms with Crippen LogP contribution in [0.5, 0.6) is 0 Å². The maximum absolute atomic E-state index is 13.9. The van der Waals surface area contributed by atoms with Crippen molar-refractivity contribution < 1.29 is 12.8 Å². The Morgan fingerprint density at radius 2 is 1.67 bits per heavy atom. The highest BCUT2D eigenvalue weighted by Crippen LogP contribution is 2.22. The molecular weight excluding hydrogens is 333 g/mol. The highest BCUT2D eigenvalue weighted by atomic mass is 32.2. The predicted octanol–water partition coefficient (Wildman–Crippen LogP) is 2.13. The largest absolute Gasteiger partial charge is 0.328 e. The molecule has 1 aromatic heterocycles. The zero-order chi connectivity index (χ0) is 17.6. The van der Waals surface area contributed by atoms with Crippen molar-refractivity contribution in [1.82, 2.24) is 9.13 Å². The summed E-state index contributed by atoms with van der Waals surface area (Å²) in [6, 6.07) is 8.57. The van der Waals surface area contributed by atoms with Gasteiger partial charge in [-0.05, 0) is 42.8 Å². The minimum Gasteiger partial charge on any atom is -0.295 e. The van der Waals surface area contributed by atoms with Crippen LogP contribution in [0.1, 0.15) is 5.56 Å². The van der Waals surface area contributed by atoms with Gasteiger partial charge >= 0.3 is 5.69 Å². The molecule has 0 aliphatic carbocycles. The van der Waals surface area contributed by atoms with E-state index in [1.807, 2.05) is 0 Å². The van der Waals surface area contributed by atoms with Crippen molar-refractivity contribution in [1.29, 1.82) is 0 Å². The molecule has 0 radical (unpaired) electrons. The molecular formula is C16H16FN3O3S. The Bertz CT molecular complexity index is 1110. The summed E-state index contributed by atoms with van der Waals surface area (Å²) < 4.78 is 44.0. The van der Waals surface area contributed by atoms with Crippen molar-refractivity contribution in [3.05, 3.63) is 58.3 Å². The second-order valence-corrected chi connectivity index (χ2v) is 7.32. The van der Waals surface area contributed by atoms with Crippen LogP contribution in [0, 0.1) is 12.7 Å². The third-order valence-corrected chi connectivity index (χ3v) is 5.29. The lowest BCUT2D eigenvalue weighted by Crippen LogP contribution is -2.19. The van der Waals surface area contributed by atoms with Crippen LogP contribution in [0.15, 0.2) is 46.1 Å². The summed E-state index contributed by atoms with van der Waals surface area (Å²) in [6.07, 6.45) is 0. The minimum absolute atomic E-state index is 0.0452. The fourth-order valence-corrected chi connectivity index (χ4v) is 3.65. The second-order valence-electron chi connectivity index (χ2n) is 5.64. The quantitative estimate of drug-likeness (QED) is 0.787. The van der Waals surface area contributed by atoms with Crippen molar-refractivity contribution >= 4 is 26.7 Å². The van der Waals surface area contributed by atoms with Gasteiger partial charge in [-0.1, -0.05) is 6.07 Å². The molecule has 0 aliphatic heterocycles. The van der Waals surface area contributed by atoms with Crippen LogP contribution in [-0.4, -0.2) is 17.6 Å². The molecule has 3 rings (SSSR count). The molecule has 24 heavy (non-hydrogen) atoms. The van der Waals surface area contributed by atoms with Crippen LogP contribution < -0.4 is 10.4 Å². The molecule has 3 aromatic rings. The zero-order valence-corrected chi connectivity index (χ0v) is 14.2. The first-order chi connectivity index (χ1) is 11.2. The molecule has 126 valence electrons. The van der Waals surface area contributed by atoms with Gasteiger partial charge in [0, 0.05) is 14.1 Å². The molecule has 0 atom stereocenters. The highest BCUT2D eigenvalue weighted by molar-refractivity contribution is 7.92. The highest BCUT2D eigenvalue weighted by Gasteiger charge is 2.18. The van der Waals surface area contributed by atoms with E-state index in [2.05, 4.69) is 4.72 Å². The van der Waals surface area contributed by atoms with E-state index in [0.717, 1.165) is 0 Å². The number of sulfonamides is 1. The molecule has 1 N–H and O–H groups in total. The van der Waals surface area contributed by atoms with Crippen LogP contribution in [0.2, 0.25) is 0 Å². The van der Waals surface area contributed by atoms with E-state index < -0.39 is 15.8 Å². The lowest BCUT2D eigenvalue weighted by molar-refractivity contribution is 0.598. The molecule has 0 saturated carbocycles. The van der Waals surface area contributed by atoms with Gasteiger partial charge in [0.1, 0.15) is 5.82 Å². The van der Waals surface area contributed by atoms with E-state index >= 15 is 0 Å². The van der Waals surface area contributed by atoms with E-state index in [1.165, 1.54) is 33.4 Å². The molecule has 0 fully saturated rings. The molecule has 0 bridgehead atoms. The Morgan fingerprint density at radius 3 is 2.33 bits per heavy atom. The smallest absolute Gasteiger partial charge is 0.295 e. The minimum atomic E-state index is -3.98. The maximum atomic E-state index is 13.9. The van der Waals surface area contributed by atoms with Crippen molar-refractivity contribution in [2.75, 3.05) is 4.72 Å². The number of rotatable bonds is 3. The zero-order valence-electron chi connectivity index (χ0n) is 13.4. The molecule has 0 spiro atoms. The number of nitrogens with one attached hydrogen (secondary N) is 1. The van der Waals surface area contributed by atoms with Crippen LogP contribution in [0.3, 0.4) is 0 Å². The lowest BCUT2D eigenvalue weighted by atomic mass is 10.2. The van der Waals surface area contributed by atoms with Crippen LogP contribution in [0.4, 0.5) is 10.1 Å². The van der Waals surface area contributed by atoms with E-state index in [0.29, 0.717) is 16.6 Å². The van der Waals surface area contributed by atoms with E-state index in [-0.39, 0.29) is 16.3 Å². The molecule has 0 amide bonds. The number of benzene rings is 2. The third-order valence-electron chi connectivity index (χ3n) is 3.92. The normalized spacial score (nSPS) is 11.8. The first-order valence-electron chi connectivity index (χ1n) is 7.15. The number of hydrogen-bond acceptors (Lipinski definition) is 3. The van der Waals surface area contributed by atoms with E-state index in [1.54, 1.807) is 33.2 Å². The number of imidazole rings is 1. The summed E-state index contributed by atoms with van der Waals surface area (Å²) >= 11 is 0. The van der Waals surface area contributed by atoms with Crippen LogP contribution in [0.25, 0.3) is 11.0 Å². The van der Waals surface area contributed by atoms with Gasteiger partial charge in [0.2, 0.25) is 0 Å². The Morgan fingerprint density at radius 1 is 1.00 bits per heavy atom. The van der Waals surface area contributed by atoms with E-state index in [4.69, 9.17) is 0 Å². The summed E-state index contributed by atoms with van der Waals surface area (Å²) in [5.41, 5.74) is 1.41. The van der Waals surface area contributed by atoms with Crippen molar-refractivity contribution in [3.8, 4) is 0 Å². The standard InChI is InChI=1S/C16H16FN3O3S/c1-10-4-6-13(12(17)8-10)18-24(22,23)11-5-7-14-15(9-11)20(3)16(21)19(14)2/h4-9,18H,1-3H3. The van der Waals surface area contributed by atoms with Gasteiger partial charge in [-0.2, -0.15) is 0 Å². The average Bonchev–Trinajstić information content (AvgIpc) is 2.74. The van der Waals surface area contributed by atoms with Crippen molar-refractivity contribution in [2.45, 2.75) is 11.8 Å². The first kappa shape index (κ1) is 16.3. The summed E-state index contributed by atoms with van der Waals surface area (Å²) in [6.45, 7) is 1.71. The fourth-order valence-electron chi connectivity index (χ4n) is 2.56. The van der Waals surface area contributed by atoms with Gasteiger partial charge in [-0.3, -0.25) is 13.9 Å². The summed E-state index contributed by atoms with van der Waals surface area (Å²) in [5.74, 6) is -0.647. The summed E-state index contributed by atoms with van der Waals surface area (Å²) in [5, 5.41) is 0. The molecule has 2 aromatic carbocycles. The van der Waals surface area contributed by atoms with Crippen LogP contribution in [-0.2, 0) is 24.1 Å². The number of fused-ring (bicyclic) bond motifs is 1. The van der Waals surface area contributed by atoms with Gasteiger partial charge in [0.15, 0.2) is 0 Å². The molecule has 8 heteroatoms. The average molecular weight is 349 g/mol. The molecule has 0 saturated heterocycles. The molecule has 6 nitrogen and oxygen atoms in total. The van der Waals surface area contributed by atoms with Crippen molar-refractivity contribution in [3.63, 3.8) is 0 Å². The third kappa shape index (κ3) is 2.58. The van der Waals surface area contributed by atoms with Gasteiger partial charge in [0.05, 0.1) is 21.6 Å². The number of anilines is 1. The van der Waals surface area contributed by atoms with Crippen molar-refractivity contribution in [2.24, 2.45) is 14.1 Å². The van der Waals surface area contributed by atoms with Gasteiger partial charge in [0.25, 0.3) is 10.0 Å². The predicted molar refractivity (Wildman–Crippen MR) is 90.1 cm³/mol. The number of halogens is 1. The Balaban J connectivity index is 2.08. The van der Waals surface area contributed by atoms with Gasteiger partial charge in [-0.25, -0.2) is 17.6 Å². The SMILES string of the molecule is Cc1ccc(NS(=O)(=O)c2ccc3c(c2)n(C)c(=O)n3C)c(F)c1. The van der Waals surface area contributed by atoms with Crippen LogP contribution >= 0.6 is 0 Å². The number of hydrogen-bond donors (Lipinski definition) is 1. The summed E-state index contributed by atoms with van der Waals surface area (Å²) in [4.78, 5) is 11.9. The lowest BCUT2D eigenvalue weighted by Gasteiger charge is -2.10. The first-order valence-corrected chi connectivity index (χ1v) is 8.63. The number of aromatic nitrogens is 2. The Labute approximate surface area is 138 Å². The van der Waals surface area contributed by atoms with Gasteiger partial charge in [-0.15, -0.1) is 0 Å². The molecule has 1 heterocycles. The summed E-state index contributed by atoms with van der Waals surface area (Å²) in [7, 11) is -0.802. The van der Waals surface area contributed by atoms with E-state index in [9.17, 15) is 17.6 Å². The second kappa shape index (κ2) is 5.48. The topological polar surface area (TPSA) is 73.1 Å². The maximum Gasteiger partial charge on any atom is 0.328 e. The Hall–Kier alpha value is -2.61.